The van der Waals surface area contributed by atoms with Crippen molar-refractivity contribution in [2.24, 2.45) is 5.73 Å². The van der Waals surface area contributed by atoms with Gasteiger partial charge in [0, 0.05) is 12.0 Å². The van der Waals surface area contributed by atoms with E-state index in [4.69, 9.17) is 5.73 Å². The summed E-state index contributed by atoms with van der Waals surface area (Å²) >= 11 is 2.11. The average Bonchev–Trinajstić information content (AvgIpc) is 2.98. The zero-order chi connectivity index (χ0) is 13.1. The molecule has 0 radical (unpaired) electrons. The van der Waals surface area contributed by atoms with Crippen LogP contribution >= 0.6 is 11.8 Å². The van der Waals surface area contributed by atoms with E-state index in [1.807, 2.05) is 0 Å². The van der Waals surface area contributed by atoms with Crippen LogP contribution in [0.3, 0.4) is 0 Å². The number of rotatable bonds is 3. The monoisotopic (exact) mass is 275 g/mol. The Labute approximate surface area is 121 Å². The predicted octanol–water partition coefficient (Wildman–Crippen LogP) is 4.07. The van der Waals surface area contributed by atoms with Gasteiger partial charge in [-0.25, -0.2) is 0 Å². The van der Waals surface area contributed by atoms with Gasteiger partial charge >= 0.3 is 0 Å². The normalized spacial score (nSPS) is 23.6. The summed E-state index contributed by atoms with van der Waals surface area (Å²) in [6.07, 6.45) is 7.97. The Balaban J connectivity index is 1.86. The fourth-order valence-corrected chi connectivity index (χ4v) is 4.92. The molecule has 1 heterocycles. The molecule has 2 heteroatoms. The Bertz CT molecular complexity index is 417. The van der Waals surface area contributed by atoms with Crippen LogP contribution in [0.4, 0.5) is 0 Å². The molecule has 0 atom stereocenters. The van der Waals surface area contributed by atoms with Gasteiger partial charge in [0.2, 0.25) is 0 Å². The molecule has 2 N–H and O–H groups in total. The number of hydrogen-bond donors (Lipinski definition) is 1. The van der Waals surface area contributed by atoms with Crippen molar-refractivity contribution < 1.29 is 0 Å². The second-order valence-corrected chi connectivity index (χ2v) is 7.43. The van der Waals surface area contributed by atoms with Gasteiger partial charge in [-0.15, -0.1) is 0 Å². The standard InChI is InChI=1S/C17H25NS/c18-13-17(8-1-2-9-17)16-5-3-4-15(12-16)14-6-10-19-11-7-14/h3-5,12,14H,1-2,6-11,13,18H2. The number of nitrogens with two attached hydrogens (primary N) is 1. The molecule has 1 aliphatic carbocycles. The second-order valence-electron chi connectivity index (χ2n) is 6.20. The van der Waals surface area contributed by atoms with Gasteiger partial charge in [-0.1, -0.05) is 37.1 Å². The first-order valence-corrected chi connectivity index (χ1v) is 8.88. The minimum atomic E-state index is 0.291. The van der Waals surface area contributed by atoms with E-state index in [-0.39, 0.29) is 0 Å². The molecule has 0 unspecified atom stereocenters. The molecular weight excluding hydrogens is 250 g/mol. The van der Waals surface area contributed by atoms with E-state index in [0.29, 0.717) is 5.41 Å². The van der Waals surface area contributed by atoms with Crippen LogP contribution in [0.25, 0.3) is 0 Å². The maximum atomic E-state index is 6.13. The van der Waals surface area contributed by atoms with Crippen molar-refractivity contribution in [3.8, 4) is 0 Å². The Morgan fingerprint density at radius 2 is 1.89 bits per heavy atom. The van der Waals surface area contributed by atoms with Crippen molar-refractivity contribution in [1.82, 2.24) is 0 Å². The molecule has 0 amide bonds. The van der Waals surface area contributed by atoms with Crippen molar-refractivity contribution in [2.45, 2.75) is 49.9 Å². The summed E-state index contributed by atoms with van der Waals surface area (Å²) in [5.74, 6) is 3.45. The fraction of sp³-hybridized carbons (Fsp3) is 0.647. The summed E-state index contributed by atoms with van der Waals surface area (Å²) in [6, 6.07) is 9.41. The van der Waals surface area contributed by atoms with E-state index in [0.717, 1.165) is 12.5 Å². The first-order valence-electron chi connectivity index (χ1n) is 7.72. The number of thioether (sulfide) groups is 1. The van der Waals surface area contributed by atoms with Crippen molar-refractivity contribution in [3.63, 3.8) is 0 Å². The van der Waals surface area contributed by atoms with E-state index in [9.17, 15) is 0 Å². The van der Waals surface area contributed by atoms with Crippen molar-refractivity contribution in [2.75, 3.05) is 18.1 Å². The molecule has 1 aromatic carbocycles. The Hall–Kier alpha value is -0.470. The molecule has 3 rings (SSSR count). The van der Waals surface area contributed by atoms with Crippen LogP contribution in [0.5, 0.6) is 0 Å². The smallest absolute Gasteiger partial charge is 0.00756 e. The largest absolute Gasteiger partial charge is 0.330 e. The Morgan fingerprint density at radius 1 is 1.16 bits per heavy atom. The lowest BCUT2D eigenvalue weighted by atomic mass is 9.77. The molecular formula is C17H25NS. The van der Waals surface area contributed by atoms with E-state index in [2.05, 4.69) is 36.0 Å². The summed E-state index contributed by atoms with van der Waals surface area (Å²) in [6.45, 7) is 0.816. The molecule has 1 saturated carbocycles. The third-order valence-electron chi connectivity index (χ3n) is 5.14. The van der Waals surface area contributed by atoms with Crippen LogP contribution in [-0.2, 0) is 5.41 Å². The van der Waals surface area contributed by atoms with Crippen molar-refractivity contribution in [3.05, 3.63) is 35.4 Å². The van der Waals surface area contributed by atoms with Crippen LogP contribution in [0.15, 0.2) is 24.3 Å². The fourth-order valence-electron chi connectivity index (χ4n) is 3.82. The van der Waals surface area contributed by atoms with Crippen LogP contribution in [0, 0.1) is 0 Å². The number of benzene rings is 1. The topological polar surface area (TPSA) is 26.0 Å². The molecule has 19 heavy (non-hydrogen) atoms. The molecule has 104 valence electrons. The van der Waals surface area contributed by atoms with E-state index < -0.39 is 0 Å². The zero-order valence-electron chi connectivity index (χ0n) is 11.7. The van der Waals surface area contributed by atoms with Crippen LogP contribution in [-0.4, -0.2) is 18.1 Å². The third kappa shape index (κ3) is 2.71. The van der Waals surface area contributed by atoms with Crippen LogP contribution in [0.2, 0.25) is 0 Å². The summed E-state index contributed by atoms with van der Waals surface area (Å²) < 4.78 is 0. The van der Waals surface area contributed by atoms with Gasteiger partial charge in [-0.2, -0.15) is 11.8 Å². The molecule has 1 nitrogen and oxygen atoms in total. The molecule has 1 saturated heterocycles. The quantitative estimate of drug-likeness (QED) is 0.900. The molecule has 2 fully saturated rings. The summed E-state index contributed by atoms with van der Waals surface area (Å²) in [4.78, 5) is 0. The van der Waals surface area contributed by atoms with Gasteiger partial charge in [0.1, 0.15) is 0 Å². The summed E-state index contributed by atoms with van der Waals surface area (Å²) in [7, 11) is 0. The van der Waals surface area contributed by atoms with E-state index in [1.165, 1.54) is 55.6 Å². The zero-order valence-corrected chi connectivity index (χ0v) is 12.6. The SMILES string of the molecule is NCC1(c2cccc(C3CCSCC3)c2)CCCC1. The van der Waals surface area contributed by atoms with E-state index in [1.54, 1.807) is 5.56 Å². The highest BCUT2D eigenvalue weighted by molar-refractivity contribution is 7.99. The van der Waals surface area contributed by atoms with Gasteiger partial charge < -0.3 is 5.73 Å². The van der Waals surface area contributed by atoms with Gasteiger partial charge in [-0.05, 0) is 54.2 Å². The molecule has 1 aliphatic heterocycles. The first kappa shape index (κ1) is 13.5. The minimum Gasteiger partial charge on any atom is -0.330 e. The highest BCUT2D eigenvalue weighted by Gasteiger charge is 2.34. The first-order chi connectivity index (χ1) is 9.34. The van der Waals surface area contributed by atoms with Crippen molar-refractivity contribution >= 4 is 11.8 Å². The lowest BCUT2D eigenvalue weighted by Crippen LogP contribution is -2.32. The van der Waals surface area contributed by atoms with Crippen LogP contribution < -0.4 is 5.73 Å². The highest BCUT2D eigenvalue weighted by atomic mass is 32.2. The molecule has 2 aliphatic rings. The lowest BCUT2D eigenvalue weighted by Gasteiger charge is -2.30. The molecule has 0 bridgehead atoms. The minimum absolute atomic E-state index is 0.291. The van der Waals surface area contributed by atoms with Gasteiger partial charge in [-0.3, -0.25) is 0 Å². The third-order valence-corrected chi connectivity index (χ3v) is 6.19. The van der Waals surface area contributed by atoms with Gasteiger partial charge in [0.15, 0.2) is 0 Å². The predicted molar refractivity (Wildman–Crippen MR) is 84.9 cm³/mol. The maximum absolute atomic E-state index is 6.13. The molecule has 1 aromatic rings. The second kappa shape index (κ2) is 5.88. The Kier molecular flexibility index (Phi) is 4.18. The molecule has 0 spiro atoms. The van der Waals surface area contributed by atoms with Crippen molar-refractivity contribution in [1.29, 1.82) is 0 Å². The highest BCUT2D eigenvalue weighted by Crippen LogP contribution is 2.41. The average molecular weight is 275 g/mol. The maximum Gasteiger partial charge on any atom is 0.00756 e. The lowest BCUT2D eigenvalue weighted by molar-refractivity contribution is 0.452. The van der Waals surface area contributed by atoms with E-state index >= 15 is 0 Å². The summed E-state index contributed by atoms with van der Waals surface area (Å²) in [5, 5.41) is 0. The van der Waals surface area contributed by atoms with Gasteiger partial charge in [0.25, 0.3) is 0 Å². The van der Waals surface area contributed by atoms with Gasteiger partial charge in [0.05, 0.1) is 0 Å². The number of hydrogen-bond acceptors (Lipinski definition) is 2. The molecule has 0 aromatic heterocycles. The summed E-state index contributed by atoms with van der Waals surface area (Å²) in [5.41, 5.74) is 9.50. The van der Waals surface area contributed by atoms with Crippen LogP contribution in [0.1, 0.15) is 55.6 Å². The Morgan fingerprint density at radius 3 is 2.58 bits per heavy atom.